The molecule has 0 saturated carbocycles. The molecular weight excluding hydrogens is 402 g/mol. The first-order chi connectivity index (χ1) is 15.4. The Morgan fingerprint density at radius 2 is 1.72 bits per heavy atom. The fourth-order valence-corrected chi connectivity index (χ4v) is 4.18. The van der Waals surface area contributed by atoms with Crippen molar-refractivity contribution in [1.82, 2.24) is 14.5 Å². The largest absolute Gasteiger partial charge is 0.507 e. The number of aromatic nitrogens is 2. The molecule has 1 aliphatic heterocycles. The third-order valence-corrected chi connectivity index (χ3v) is 5.96. The monoisotopic (exact) mass is 429 g/mol. The third-order valence-electron chi connectivity index (χ3n) is 5.96. The molecule has 1 atom stereocenters. The molecule has 1 aliphatic rings. The van der Waals surface area contributed by atoms with Gasteiger partial charge in [0.15, 0.2) is 0 Å². The van der Waals surface area contributed by atoms with E-state index in [4.69, 9.17) is 0 Å². The molecule has 2 heterocycles. The van der Waals surface area contributed by atoms with E-state index in [9.17, 15) is 14.7 Å². The molecule has 1 aromatic heterocycles. The number of aliphatic hydroxyl groups excluding tert-OH is 1. The smallest absolute Gasteiger partial charge is 0.295 e. The fraction of sp³-hybridized carbons (Fsp3) is 0.269. The topological polar surface area (TPSA) is 75.4 Å². The van der Waals surface area contributed by atoms with Gasteiger partial charge in [0.2, 0.25) is 0 Å². The first kappa shape index (κ1) is 21.6. The van der Waals surface area contributed by atoms with Gasteiger partial charge in [-0.25, -0.2) is 4.98 Å². The number of likely N-dealkylation sites (tertiary alicyclic amines) is 1. The molecule has 1 saturated heterocycles. The lowest BCUT2D eigenvalue weighted by atomic mass is 9.93. The average Bonchev–Trinajstić information content (AvgIpc) is 3.38. The number of aryl methyl sites for hydroxylation is 4. The van der Waals surface area contributed by atoms with E-state index in [1.807, 2.05) is 74.0 Å². The van der Waals surface area contributed by atoms with Gasteiger partial charge in [0, 0.05) is 31.0 Å². The maximum Gasteiger partial charge on any atom is 0.295 e. The fourth-order valence-electron chi connectivity index (χ4n) is 4.18. The van der Waals surface area contributed by atoms with Crippen LogP contribution in [0.25, 0.3) is 5.76 Å². The number of hydrogen-bond donors (Lipinski definition) is 1. The Morgan fingerprint density at radius 3 is 2.41 bits per heavy atom. The van der Waals surface area contributed by atoms with Crippen molar-refractivity contribution < 1.29 is 14.7 Å². The molecule has 0 radical (unpaired) electrons. The molecule has 2 aromatic carbocycles. The number of benzene rings is 2. The number of hydrogen-bond acceptors (Lipinski definition) is 4. The highest BCUT2D eigenvalue weighted by Gasteiger charge is 2.45. The molecule has 1 fully saturated rings. The summed E-state index contributed by atoms with van der Waals surface area (Å²) in [5.41, 5.74) is 4.44. The normalized spacial score (nSPS) is 17.8. The Labute approximate surface area is 187 Å². The van der Waals surface area contributed by atoms with Crippen molar-refractivity contribution in [2.45, 2.75) is 39.8 Å². The van der Waals surface area contributed by atoms with E-state index in [1.54, 1.807) is 17.4 Å². The predicted octanol–water partition coefficient (Wildman–Crippen LogP) is 4.32. The van der Waals surface area contributed by atoms with Crippen LogP contribution < -0.4 is 0 Å². The van der Waals surface area contributed by atoms with Crippen LogP contribution in [0.2, 0.25) is 0 Å². The summed E-state index contributed by atoms with van der Waals surface area (Å²) in [5.74, 6) is -1.34. The molecule has 4 rings (SSSR count). The lowest BCUT2D eigenvalue weighted by molar-refractivity contribution is -0.139. The Kier molecular flexibility index (Phi) is 5.95. The number of Topliss-reactive ketones (excluding diaryl/α,β-unsaturated/α-hetero) is 1. The molecule has 0 unspecified atom stereocenters. The van der Waals surface area contributed by atoms with Crippen LogP contribution >= 0.6 is 0 Å². The maximum absolute atomic E-state index is 13.1. The molecule has 164 valence electrons. The predicted molar refractivity (Wildman–Crippen MR) is 123 cm³/mol. The van der Waals surface area contributed by atoms with Gasteiger partial charge < -0.3 is 14.6 Å². The summed E-state index contributed by atoms with van der Waals surface area (Å²) < 4.78 is 1.94. The molecule has 6 heteroatoms. The third kappa shape index (κ3) is 4.08. The number of ketones is 1. The second kappa shape index (κ2) is 8.83. The van der Waals surface area contributed by atoms with Gasteiger partial charge in [-0.2, -0.15) is 0 Å². The summed E-state index contributed by atoms with van der Waals surface area (Å²) >= 11 is 0. The number of amides is 1. The number of carbonyl (C=O) groups excluding carboxylic acids is 2. The summed E-state index contributed by atoms with van der Waals surface area (Å²) in [4.78, 5) is 31.8. The summed E-state index contributed by atoms with van der Waals surface area (Å²) in [6.45, 7) is 6.88. The van der Waals surface area contributed by atoms with Crippen molar-refractivity contribution in [3.63, 3.8) is 0 Å². The minimum absolute atomic E-state index is 0.118. The van der Waals surface area contributed by atoms with E-state index < -0.39 is 17.7 Å². The molecule has 0 bridgehead atoms. The van der Waals surface area contributed by atoms with Crippen LogP contribution in [-0.4, -0.2) is 37.8 Å². The van der Waals surface area contributed by atoms with E-state index in [1.165, 1.54) is 0 Å². The average molecular weight is 430 g/mol. The molecular formula is C26H27N3O3. The SMILES string of the molecule is Cc1ccc([C@H]2C(=C(O)c3cc(C)ccc3C)C(=O)C(=O)N2CCCn2ccnc2)cc1. The zero-order chi connectivity index (χ0) is 22.8. The van der Waals surface area contributed by atoms with Gasteiger partial charge in [-0.3, -0.25) is 9.59 Å². The summed E-state index contributed by atoms with van der Waals surface area (Å²) in [6, 6.07) is 12.8. The lowest BCUT2D eigenvalue weighted by Gasteiger charge is -2.25. The van der Waals surface area contributed by atoms with Gasteiger partial charge in [0.05, 0.1) is 17.9 Å². The van der Waals surface area contributed by atoms with E-state index in [0.29, 0.717) is 25.1 Å². The second-order valence-corrected chi connectivity index (χ2v) is 8.38. The highest BCUT2D eigenvalue weighted by atomic mass is 16.3. The van der Waals surface area contributed by atoms with Gasteiger partial charge in [0.25, 0.3) is 11.7 Å². The van der Waals surface area contributed by atoms with Gasteiger partial charge in [-0.05, 0) is 44.4 Å². The summed E-state index contributed by atoms with van der Waals surface area (Å²) in [5, 5.41) is 11.3. The number of nitrogens with zero attached hydrogens (tertiary/aromatic N) is 3. The van der Waals surface area contributed by atoms with E-state index in [2.05, 4.69) is 4.98 Å². The quantitative estimate of drug-likeness (QED) is 0.360. The van der Waals surface area contributed by atoms with E-state index in [0.717, 1.165) is 22.3 Å². The summed E-state index contributed by atoms with van der Waals surface area (Å²) in [6.07, 6.45) is 5.97. The van der Waals surface area contributed by atoms with Crippen LogP contribution in [0.1, 0.15) is 40.3 Å². The second-order valence-electron chi connectivity index (χ2n) is 8.38. The van der Waals surface area contributed by atoms with Crippen LogP contribution in [0.4, 0.5) is 0 Å². The number of imidazole rings is 1. The van der Waals surface area contributed by atoms with Crippen LogP contribution in [0.5, 0.6) is 0 Å². The molecule has 0 spiro atoms. The van der Waals surface area contributed by atoms with Crippen molar-refractivity contribution >= 4 is 17.4 Å². The van der Waals surface area contributed by atoms with Crippen LogP contribution in [0.15, 0.2) is 66.8 Å². The molecule has 1 amide bonds. The van der Waals surface area contributed by atoms with Crippen molar-refractivity contribution in [3.05, 3.63) is 94.6 Å². The standard InChI is InChI=1S/C26H27N3O3/c1-17-6-9-20(10-7-17)23-22(24(30)21-15-18(2)5-8-19(21)3)25(31)26(32)29(23)13-4-12-28-14-11-27-16-28/h5-11,14-16,23,30H,4,12-13H2,1-3H3/t23-/m0/s1. The highest BCUT2D eigenvalue weighted by Crippen LogP contribution is 2.40. The van der Waals surface area contributed by atoms with Crippen LogP contribution in [0.3, 0.4) is 0 Å². The van der Waals surface area contributed by atoms with Crippen LogP contribution in [0, 0.1) is 20.8 Å². The van der Waals surface area contributed by atoms with Crippen molar-refractivity contribution in [1.29, 1.82) is 0 Å². The minimum atomic E-state index is -0.642. The van der Waals surface area contributed by atoms with Gasteiger partial charge >= 0.3 is 0 Å². The van der Waals surface area contributed by atoms with E-state index >= 15 is 0 Å². The Morgan fingerprint density at radius 1 is 1.00 bits per heavy atom. The minimum Gasteiger partial charge on any atom is -0.507 e. The van der Waals surface area contributed by atoms with Crippen molar-refractivity contribution in [2.75, 3.05) is 6.54 Å². The Balaban J connectivity index is 1.76. The number of aliphatic hydroxyl groups is 1. The Hall–Kier alpha value is -3.67. The lowest BCUT2D eigenvalue weighted by Crippen LogP contribution is -2.31. The zero-order valence-corrected chi connectivity index (χ0v) is 18.6. The first-order valence-electron chi connectivity index (χ1n) is 10.7. The first-order valence-corrected chi connectivity index (χ1v) is 10.7. The molecule has 0 aliphatic carbocycles. The van der Waals surface area contributed by atoms with Gasteiger partial charge in [-0.15, -0.1) is 0 Å². The van der Waals surface area contributed by atoms with Gasteiger partial charge in [-0.1, -0.05) is 47.5 Å². The van der Waals surface area contributed by atoms with Crippen LogP contribution in [-0.2, 0) is 16.1 Å². The maximum atomic E-state index is 13.1. The van der Waals surface area contributed by atoms with Crippen molar-refractivity contribution in [3.8, 4) is 0 Å². The summed E-state index contributed by atoms with van der Waals surface area (Å²) in [7, 11) is 0. The molecule has 6 nitrogen and oxygen atoms in total. The molecule has 1 N–H and O–H groups in total. The van der Waals surface area contributed by atoms with E-state index in [-0.39, 0.29) is 11.3 Å². The van der Waals surface area contributed by atoms with Gasteiger partial charge in [0.1, 0.15) is 5.76 Å². The molecule has 3 aromatic rings. The number of carbonyl (C=O) groups is 2. The number of rotatable bonds is 6. The highest BCUT2D eigenvalue weighted by molar-refractivity contribution is 6.46. The van der Waals surface area contributed by atoms with Crippen molar-refractivity contribution in [2.24, 2.45) is 0 Å². The zero-order valence-electron chi connectivity index (χ0n) is 18.6. The molecule has 32 heavy (non-hydrogen) atoms. The Bertz CT molecular complexity index is 1180.